The molecular weight excluding hydrogens is 460 g/mol. The lowest BCUT2D eigenvalue weighted by Crippen LogP contribution is -2.44. The van der Waals surface area contributed by atoms with E-state index in [1.165, 1.54) is 95.5 Å². The molecule has 200 valence electrons. The lowest BCUT2D eigenvalue weighted by molar-refractivity contribution is 0.0305. The molecule has 2 aromatic rings. The van der Waals surface area contributed by atoms with Gasteiger partial charge in [-0.15, -0.1) is 0 Å². The van der Waals surface area contributed by atoms with Gasteiger partial charge in [-0.3, -0.25) is 0 Å². The van der Waals surface area contributed by atoms with Crippen LogP contribution >= 0.6 is 0 Å². The van der Waals surface area contributed by atoms with Gasteiger partial charge >= 0.3 is 0 Å². The van der Waals surface area contributed by atoms with Crippen molar-refractivity contribution in [2.75, 3.05) is 0 Å². The molecule has 2 bridgehead atoms. The summed E-state index contributed by atoms with van der Waals surface area (Å²) in [5.41, 5.74) is 6.73. The number of hydrogen-bond acceptors (Lipinski definition) is 2. The maximum Gasteiger partial charge on any atom is 0.101 e. The maximum atomic E-state index is 10.2. The molecule has 0 N–H and O–H groups in total. The van der Waals surface area contributed by atoms with Crippen LogP contribution in [0.25, 0.3) is 11.1 Å². The number of nitrogens with zero attached hydrogens (tertiary/aromatic N) is 2. The first kappa shape index (κ1) is 27.0. The van der Waals surface area contributed by atoms with Crippen LogP contribution in [0.1, 0.15) is 145 Å². The summed E-state index contributed by atoms with van der Waals surface area (Å²) >= 11 is 0. The van der Waals surface area contributed by atoms with E-state index in [0.29, 0.717) is 27.9 Å². The Morgan fingerprint density at radius 1 is 0.737 bits per heavy atom. The molecule has 4 aliphatic carbocycles. The van der Waals surface area contributed by atoms with Gasteiger partial charge in [0.15, 0.2) is 0 Å². The third-order valence-electron chi connectivity index (χ3n) is 11.0. The molecule has 38 heavy (non-hydrogen) atoms. The van der Waals surface area contributed by atoms with Gasteiger partial charge in [0.1, 0.15) is 12.1 Å². The standard InChI is InChI=1S/C36H46N2/c1-3-5-6-18-35-19-22-36(23-20-35,24-21-35)30-14-12-29(13-15-30)32-17-16-31(33(25-37)34(32)26-38)28-10-8-27(7-4-2)9-11-28/h12-17,27-28H,3-11,18-24H2,1-2H3/t27-,28-,35?,36?. The summed E-state index contributed by atoms with van der Waals surface area (Å²) in [4.78, 5) is 0. The van der Waals surface area contributed by atoms with Crippen molar-refractivity contribution in [2.24, 2.45) is 11.3 Å². The maximum absolute atomic E-state index is 10.2. The molecule has 0 saturated heterocycles. The van der Waals surface area contributed by atoms with Crippen LogP contribution in [0.2, 0.25) is 0 Å². The van der Waals surface area contributed by atoms with Crippen LogP contribution in [-0.4, -0.2) is 0 Å². The van der Waals surface area contributed by atoms with Crippen molar-refractivity contribution < 1.29 is 0 Å². The van der Waals surface area contributed by atoms with Crippen LogP contribution in [0.4, 0.5) is 0 Å². The highest BCUT2D eigenvalue weighted by molar-refractivity contribution is 5.75. The zero-order chi connectivity index (χ0) is 26.6. The summed E-state index contributed by atoms with van der Waals surface area (Å²) in [5, 5.41) is 20.3. The average molecular weight is 507 g/mol. The van der Waals surface area contributed by atoms with E-state index in [1.54, 1.807) is 0 Å². The zero-order valence-corrected chi connectivity index (χ0v) is 23.8. The molecule has 2 aromatic carbocycles. The quantitative estimate of drug-likeness (QED) is 0.318. The average Bonchev–Trinajstić information content (AvgIpc) is 2.98. The molecule has 0 aromatic heterocycles. The number of nitriles is 2. The molecule has 2 heteroatoms. The van der Waals surface area contributed by atoms with Gasteiger partial charge in [0, 0.05) is 5.56 Å². The molecule has 6 rings (SSSR count). The van der Waals surface area contributed by atoms with Crippen molar-refractivity contribution in [2.45, 2.75) is 128 Å². The fourth-order valence-corrected chi connectivity index (χ4v) is 8.43. The molecule has 0 radical (unpaired) electrons. The first-order valence-corrected chi connectivity index (χ1v) is 15.6. The number of benzene rings is 2. The lowest BCUT2D eigenvalue weighted by Gasteiger charge is -2.54. The monoisotopic (exact) mass is 506 g/mol. The van der Waals surface area contributed by atoms with Gasteiger partial charge in [0.2, 0.25) is 0 Å². The molecule has 0 aliphatic heterocycles. The molecule has 4 saturated carbocycles. The second-order valence-electron chi connectivity index (χ2n) is 13.0. The predicted octanol–water partition coefficient (Wildman–Crippen LogP) is 10.3. The number of hydrogen-bond donors (Lipinski definition) is 0. The Morgan fingerprint density at radius 2 is 1.39 bits per heavy atom. The Bertz CT molecular complexity index is 1160. The largest absolute Gasteiger partial charge is 0.192 e. The van der Waals surface area contributed by atoms with Gasteiger partial charge < -0.3 is 0 Å². The van der Waals surface area contributed by atoms with Crippen LogP contribution in [0, 0.1) is 34.0 Å². The Hall–Kier alpha value is -2.58. The van der Waals surface area contributed by atoms with Crippen molar-refractivity contribution in [3.8, 4) is 23.3 Å². The molecule has 4 aliphatic rings. The van der Waals surface area contributed by atoms with E-state index in [-0.39, 0.29) is 0 Å². The number of unbranched alkanes of at least 4 members (excludes halogenated alkanes) is 2. The Labute approximate surface area is 231 Å². The Balaban J connectivity index is 1.33. The minimum Gasteiger partial charge on any atom is -0.192 e. The van der Waals surface area contributed by atoms with E-state index in [0.717, 1.165) is 35.4 Å². The van der Waals surface area contributed by atoms with Crippen molar-refractivity contribution in [1.82, 2.24) is 0 Å². The van der Waals surface area contributed by atoms with Gasteiger partial charge in [-0.1, -0.05) is 82.3 Å². The number of fused-ring (bicyclic) bond motifs is 3. The summed E-state index contributed by atoms with van der Waals surface area (Å²) in [7, 11) is 0. The van der Waals surface area contributed by atoms with Crippen LogP contribution in [0.15, 0.2) is 36.4 Å². The van der Waals surface area contributed by atoms with E-state index in [9.17, 15) is 10.5 Å². The minimum atomic E-state index is 0.349. The van der Waals surface area contributed by atoms with Crippen LogP contribution in [0.5, 0.6) is 0 Å². The van der Waals surface area contributed by atoms with Gasteiger partial charge in [-0.2, -0.15) is 10.5 Å². The van der Waals surface area contributed by atoms with Crippen molar-refractivity contribution in [3.63, 3.8) is 0 Å². The summed E-state index contributed by atoms with van der Waals surface area (Å²) < 4.78 is 0. The van der Waals surface area contributed by atoms with Gasteiger partial charge in [0.05, 0.1) is 11.1 Å². The summed E-state index contributed by atoms with van der Waals surface area (Å²) in [6.07, 6.45) is 21.1. The topological polar surface area (TPSA) is 47.6 Å². The van der Waals surface area contributed by atoms with Crippen molar-refractivity contribution in [1.29, 1.82) is 10.5 Å². The fourth-order valence-electron chi connectivity index (χ4n) is 8.43. The summed E-state index contributed by atoms with van der Waals surface area (Å²) in [6.45, 7) is 4.58. The van der Waals surface area contributed by atoms with E-state index in [1.807, 2.05) is 0 Å². The predicted molar refractivity (Wildman–Crippen MR) is 157 cm³/mol. The molecule has 0 unspecified atom stereocenters. The molecule has 0 heterocycles. The molecule has 0 amide bonds. The van der Waals surface area contributed by atoms with Crippen molar-refractivity contribution in [3.05, 3.63) is 58.7 Å². The first-order valence-electron chi connectivity index (χ1n) is 15.6. The second kappa shape index (κ2) is 11.7. The molecule has 0 spiro atoms. The molecule has 2 nitrogen and oxygen atoms in total. The Kier molecular flexibility index (Phi) is 8.29. The SMILES string of the molecule is CCCCCC12CCC(c3ccc(-c4ccc([C@H]5CC[C@H](CCC)CC5)c(C#N)c4C#N)cc3)(CC1)CC2. The zero-order valence-electron chi connectivity index (χ0n) is 23.8. The highest BCUT2D eigenvalue weighted by Crippen LogP contribution is 2.59. The molecule has 0 atom stereocenters. The third kappa shape index (κ3) is 5.17. The normalized spacial score (nSPS) is 28.5. The van der Waals surface area contributed by atoms with E-state index < -0.39 is 0 Å². The Morgan fingerprint density at radius 3 is 1.97 bits per heavy atom. The minimum absolute atomic E-state index is 0.349. The third-order valence-corrected chi connectivity index (χ3v) is 11.0. The lowest BCUT2D eigenvalue weighted by atomic mass is 9.51. The summed E-state index contributed by atoms with van der Waals surface area (Å²) in [6, 6.07) is 18.2. The molecular formula is C36H46N2. The van der Waals surface area contributed by atoms with Crippen molar-refractivity contribution >= 4 is 0 Å². The van der Waals surface area contributed by atoms with E-state index >= 15 is 0 Å². The van der Waals surface area contributed by atoms with Gasteiger partial charge in [0.25, 0.3) is 0 Å². The highest BCUT2D eigenvalue weighted by atomic mass is 14.5. The first-order chi connectivity index (χ1) is 18.6. The van der Waals surface area contributed by atoms with Crippen LogP contribution in [0.3, 0.4) is 0 Å². The number of rotatable bonds is 9. The molecule has 4 fully saturated rings. The smallest absolute Gasteiger partial charge is 0.101 e. The summed E-state index contributed by atoms with van der Waals surface area (Å²) in [5.74, 6) is 1.24. The second-order valence-corrected chi connectivity index (χ2v) is 13.0. The van der Waals surface area contributed by atoms with E-state index in [2.05, 4.69) is 62.4 Å². The van der Waals surface area contributed by atoms with Crippen LogP contribution in [-0.2, 0) is 5.41 Å². The van der Waals surface area contributed by atoms with Crippen LogP contribution < -0.4 is 0 Å². The highest BCUT2D eigenvalue weighted by Gasteiger charge is 2.48. The van der Waals surface area contributed by atoms with E-state index in [4.69, 9.17) is 0 Å². The van der Waals surface area contributed by atoms with Gasteiger partial charge in [-0.05, 0) is 110 Å². The van der Waals surface area contributed by atoms with Gasteiger partial charge in [-0.25, -0.2) is 0 Å². The fraction of sp³-hybridized carbons (Fsp3) is 0.611.